The molecule has 1 aromatic carbocycles. The number of anilines is 1. The first-order valence-corrected chi connectivity index (χ1v) is 7.23. The monoisotopic (exact) mass is 323 g/mol. The molecular formula is C15H15ClFN3O2. The number of β-amino-alcohol motifs (C(OH)–C–C–N with tert-alkyl or cyclic N) is 1. The van der Waals surface area contributed by atoms with E-state index in [1.807, 2.05) is 4.90 Å². The number of ether oxygens (including phenoxy) is 1. The molecule has 0 bridgehead atoms. The number of aliphatic hydroxyl groups is 1. The van der Waals surface area contributed by atoms with Crippen molar-refractivity contribution in [2.24, 2.45) is 0 Å². The number of rotatable bonds is 3. The van der Waals surface area contributed by atoms with Gasteiger partial charge in [-0.3, -0.25) is 0 Å². The lowest BCUT2D eigenvalue weighted by molar-refractivity contribution is 0.194. The second-order valence-electron chi connectivity index (χ2n) is 5.14. The number of methoxy groups -OCH3 is 1. The Labute approximate surface area is 132 Å². The maximum absolute atomic E-state index is 13.1. The molecule has 1 aliphatic rings. The van der Waals surface area contributed by atoms with Crippen LogP contribution in [0.3, 0.4) is 0 Å². The maximum atomic E-state index is 13.1. The number of aliphatic hydroxyl groups excluding tert-OH is 1. The summed E-state index contributed by atoms with van der Waals surface area (Å²) in [6, 6.07) is 6.29. The van der Waals surface area contributed by atoms with Crippen molar-refractivity contribution in [1.29, 1.82) is 0 Å². The van der Waals surface area contributed by atoms with Gasteiger partial charge in [0.2, 0.25) is 0 Å². The Bertz CT molecular complexity index is 668. The molecule has 1 aromatic heterocycles. The molecule has 0 unspecified atom stereocenters. The predicted octanol–water partition coefficient (Wildman–Crippen LogP) is 2.59. The molecule has 0 saturated carbocycles. The zero-order valence-corrected chi connectivity index (χ0v) is 12.7. The van der Waals surface area contributed by atoms with E-state index in [1.165, 1.54) is 25.4 Å². The minimum absolute atomic E-state index is 0.132. The van der Waals surface area contributed by atoms with Gasteiger partial charge in [-0.2, -0.15) is 4.98 Å². The molecule has 2 heterocycles. The third-order valence-electron chi connectivity index (χ3n) is 3.69. The average molecular weight is 324 g/mol. The van der Waals surface area contributed by atoms with Crippen LogP contribution in [0.2, 0.25) is 5.02 Å². The van der Waals surface area contributed by atoms with Crippen LogP contribution in [0.25, 0.3) is 0 Å². The Balaban J connectivity index is 1.98. The zero-order valence-electron chi connectivity index (χ0n) is 11.9. The van der Waals surface area contributed by atoms with Crippen molar-refractivity contribution in [3.8, 4) is 6.01 Å². The Hall–Kier alpha value is -1.92. The normalized spacial score (nSPS) is 21.2. The summed E-state index contributed by atoms with van der Waals surface area (Å²) in [5.41, 5.74) is 0.895. The van der Waals surface area contributed by atoms with Gasteiger partial charge in [-0.05, 0) is 24.1 Å². The highest BCUT2D eigenvalue weighted by Crippen LogP contribution is 2.38. The largest absolute Gasteiger partial charge is 0.467 e. The molecule has 0 radical (unpaired) electrons. The van der Waals surface area contributed by atoms with Gasteiger partial charge in [0.25, 0.3) is 0 Å². The van der Waals surface area contributed by atoms with Gasteiger partial charge in [-0.15, -0.1) is 0 Å². The molecular weight excluding hydrogens is 309 g/mol. The van der Waals surface area contributed by atoms with E-state index in [9.17, 15) is 9.50 Å². The lowest BCUT2D eigenvalue weighted by Gasteiger charge is -2.26. The summed E-state index contributed by atoms with van der Waals surface area (Å²) in [5.74, 6) is 0.204. The number of benzene rings is 1. The summed E-state index contributed by atoms with van der Waals surface area (Å²) >= 11 is 6.20. The molecule has 1 saturated heterocycles. The molecule has 5 nitrogen and oxygen atoms in total. The van der Waals surface area contributed by atoms with Gasteiger partial charge < -0.3 is 14.7 Å². The molecule has 1 N–H and O–H groups in total. The van der Waals surface area contributed by atoms with Crippen LogP contribution in [0.4, 0.5) is 10.2 Å². The molecule has 116 valence electrons. The molecule has 1 aliphatic heterocycles. The number of nitrogens with zero attached hydrogens (tertiary/aromatic N) is 3. The van der Waals surface area contributed by atoms with Gasteiger partial charge >= 0.3 is 6.01 Å². The number of aromatic nitrogens is 2. The number of hydrogen-bond acceptors (Lipinski definition) is 5. The Kier molecular flexibility index (Phi) is 4.13. The molecule has 7 heteroatoms. The second kappa shape index (κ2) is 6.06. The molecule has 2 aromatic rings. The van der Waals surface area contributed by atoms with E-state index in [-0.39, 0.29) is 17.9 Å². The third kappa shape index (κ3) is 2.84. The molecule has 2 atom stereocenters. The van der Waals surface area contributed by atoms with Gasteiger partial charge in [0.05, 0.1) is 25.5 Å². The Morgan fingerprint density at radius 1 is 1.36 bits per heavy atom. The van der Waals surface area contributed by atoms with Crippen molar-refractivity contribution in [2.75, 3.05) is 18.6 Å². The summed E-state index contributed by atoms with van der Waals surface area (Å²) in [6.45, 7) is 0.391. The minimum Gasteiger partial charge on any atom is -0.467 e. The van der Waals surface area contributed by atoms with E-state index in [0.717, 1.165) is 5.56 Å². The average Bonchev–Trinajstić information content (AvgIpc) is 2.90. The first-order chi connectivity index (χ1) is 10.6. The van der Waals surface area contributed by atoms with Crippen LogP contribution >= 0.6 is 11.6 Å². The highest BCUT2D eigenvalue weighted by Gasteiger charge is 2.34. The van der Waals surface area contributed by atoms with Crippen molar-refractivity contribution in [2.45, 2.75) is 18.6 Å². The van der Waals surface area contributed by atoms with Crippen LogP contribution in [0, 0.1) is 5.82 Å². The Morgan fingerprint density at radius 3 is 2.77 bits per heavy atom. The van der Waals surface area contributed by atoms with Crippen LogP contribution in [0.15, 0.2) is 30.5 Å². The van der Waals surface area contributed by atoms with Crippen molar-refractivity contribution >= 4 is 17.4 Å². The molecule has 1 fully saturated rings. The fraction of sp³-hybridized carbons (Fsp3) is 0.333. The van der Waals surface area contributed by atoms with Crippen LogP contribution in [0.1, 0.15) is 18.0 Å². The fourth-order valence-electron chi connectivity index (χ4n) is 2.69. The lowest BCUT2D eigenvalue weighted by Crippen LogP contribution is -2.25. The van der Waals surface area contributed by atoms with Crippen molar-refractivity contribution in [3.63, 3.8) is 0 Å². The van der Waals surface area contributed by atoms with Crippen LogP contribution < -0.4 is 9.64 Å². The molecule has 0 amide bonds. The maximum Gasteiger partial charge on any atom is 0.318 e. The highest BCUT2D eigenvalue weighted by atomic mass is 35.5. The van der Waals surface area contributed by atoms with E-state index < -0.39 is 6.10 Å². The lowest BCUT2D eigenvalue weighted by atomic mass is 10.0. The Morgan fingerprint density at radius 2 is 2.09 bits per heavy atom. The summed E-state index contributed by atoms with van der Waals surface area (Å²) in [4.78, 5) is 10.1. The molecule has 22 heavy (non-hydrogen) atoms. The van der Waals surface area contributed by atoms with Crippen LogP contribution in [-0.4, -0.2) is 34.8 Å². The highest BCUT2D eigenvalue weighted by molar-refractivity contribution is 6.32. The standard InChI is InChI=1S/C15H15ClFN3O2/c1-22-15-18-7-12(16)14(19-15)20-8-11(21)6-13(20)9-2-4-10(17)5-3-9/h2-5,7,11,13,21H,6,8H2,1H3/t11-,13-/m0/s1. The van der Waals surface area contributed by atoms with Crippen molar-refractivity contribution in [1.82, 2.24) is 9.97 Å². The first-order valence-electron chi connectivity index (χ1n) is 6.85. The summed E-state index contributed by atoms with van der Waals surface area (Å²) in [5, 5.41) is 10.4. The SMILES string of the molecule is COc1ncc(Cl)c(N2C[C@@H](O)C[C@H]2c2ccc(F)cc2)n1. The van der Waals surface area contributed by atoms with Gasteiger partial charge in [0, 0.05) is 6.54 Å². The first kappa shape index (κ1) is 15.0. The van der Waals surface area contributed by atoms with E-state index in [0.29, 0.717) is 23.8 Å². The van der Waals surface area contributed by atoms with Crippen LogP contribution in [-0.2, 0) is 0 Å². The molecule has 0 aliphatic carbocycles. The number of halogens is 2. The summed E-state index contributed by atoms with van der Waals surface area (Å²) < 4.78 is 18.1. The van der Waals surface area contributed by atoms with Crippen LogP contribution in [0.5, 0.6) is 6.01 Å². The van der Waals surface area contributed by atoms with Crippen molar-refractivity contribution in [3.05, 3.63) is 46.9 Å². The van der Waals surface area contributed by atoms with Gasteiger partial charge in [0.1, 0.15) is 10.8 Å². The second-order valence-corrected chi connectivity index (χ2v) is 5.54. The van der Waals surface area contributed by atoms with E-state index in [1.54, 1.807) is 12.1 Å². The topological polar surface area (TPSA) is 58.5 Å². The predicted molar refractivity (Wildman–Crippen MR) is 80.7 cm³/mol. The minimum atomic E-state index is -0.507. The summed E-state index contributed by atoms with van der Waals surface area (Å²) in [7, 11) is 1.48. The van der Waals surface area contributed by atoms with Crippen molar-refractivity contribution < 1.29 is 14.2 Å². The molecule has 3 rings (SSSR count). The quantitative estimate of drug-likeness (QED) is 0.941. The van der Waals surface area contributed by atoms with Gasteiger partial charge in [0.15, 0.2) is 5.82 Å². The molecule has 0 spiro atoms. The van der Waals surface area contributed by atoms with Gasteiger partial charge in [-0.25, -0.2) is 9.37 Å². The van der Waals surface area contributed by atoms with E-state index in [4.69, 9.17) is 16.3 Å². The number of hydrogen-bond donors (Lipinski definition) is 1. The third-order valence-corrected chi connectivity index (χ3v) is 3.96. The van der Waals surface area contributed by atoms with Gasteiger partial charge in [-0.1, -0.05) is 23.7 Å². The fourth-order valence-corrected chi connectivity index (χ4v) is 2.89. The van der Waals surface area contributed by atoms with E-state index in [2.05, 4.69) is 9.97 Å². The summed E-state index contributed by atoms with van der Waals surface area (Å²) in [6.07, 6.45) is 1.48. The smallest absolute Gasteiger partial charge is 0.318 e. The zero-order chi connectivity index (χ0) is 15.7. The van der Waals surface area contributed by atoms with E-state index >= 15 is 0 Å².